The minimum atomic E-state index is -0.207. The third-order valence-electron chi connectivity index (χ3n) is 2.61. The van der Waals surface area contributed by atoms with Gasteiger partial charge in [-0.25, -0.2) is 4.98 Å². The molecule has 1 rings (SSSR count). The smallest absolute Gasteiger partial charge is 0.171 e. The third kappa shape index (κ3) is 3.59. The zero-order chi connectivity index (χ0) is 12.0. The number of imidazole rings is 1. The lowest BCUT2D eigenvalue weighted by atomic mass is 10.3. The highest BCUT2D eigenvalue weighted by Gasteiger charge is 2.14. The molecule has 1 aromatic heterocycles. The molecule has 0 aromatic carbocycles. The fourth-order valence-corrected chi connectivity index (χ4v) is 1.65. The molecular weight excluding hydrogens is 206 g/mol. The highest BCUT2D eigenvalue weighted by molar-refractivity contribution is 4.91. The van der Waals surface area contributed by atoms with E-state index in [9.17, 15) is 0 Å². The molecule has 0 amide bonds. The molecule has 1 N–H and O–H groups in total. The Morgan fingerprint density at radius 1 is 1.44 bits per heavy atom. The van der Waals surface area contributed by atoms with Gasteiger partial charge in [0.25, 0.3) is 0 Å². The largest absolute Gasteiger partial charge is 0.354 e. The summed E-state index contributed by atoms with van der Waals surface area (Å²) in [5.74, 6) is 1.08. The van der Waals surface area contributed by atoms with Crippen molar-refractivity contribution in [2.75, 3.05) is 20.8 Å². The summed E-state index contributed by atoms with van der Waals surface area (Å²) in [6, 6.07) is 0.162. The lowest BCUT2D eigenvalue weighted by Gasteiger charge is -2.22. The first kappa shape index (κ1) is 13.2. The molecule has 1 unspecified atom stereocenters. The maximum atomic E-state index is 5.17. The quantitative estimate of drug-likeness (QED) is 0.691. The Kier molecular flexibility index (Phi) is 5.45. The van der Waals surface area contributed by atoms with Gasteiger partial charge in [-0.2, -0.15) is 0 Å². The predicted molar refractivity (Wildman–Crippen MR) is 62.2 cm³/mol. The summed E-state index contributed by atoms with van der Waals surface area (Å²) in [6.07, 6.45) is 4.45. The van der Waals surface area contributed by atoms with Gasteiger partial charge in [-0.15, -0.1) is 0 Å². The first-order chi connectivity index (χ1) is 7.69. The van der Waals surface area contributed by atoms with E-state index in [1.165, 1.54) is 0 Å². The Morgan fingerprint density at radius 2 is 2.12 bits per heavy atom. The molecule has 1 atom stereocenters. The number of methoxy groups -OCH3 is 2. The molecule has 1 heterocycles. The Bertz CT molecular complexity index is 297. The zero-order valence-corrected chi connectivity index (χ0v) is 10.4. The standard InChI is InChI=1S/C11H21N3O2/c1-9(11(15-3)16-4)12-6-5-10-13-7-8-14(10)2/h7-9,11-12H,5-6H2,1-4H3. The predicted octanol–water partition coefficient (Wildman–Crippen LogP) is 0.560. The summed E-state index contributed by atoms with van der Waals surface area (Å²) >= 11 is 0. The molecule has 92 valence electrons. The van der Waals surface area contributed by atoms with E-state index in [0.717, 1.165) is 18.8 Å². The van der Waals surface area contributed by atoms with Crippen molar-refractivity contribution < 1.29 is 9.47 Å². The number of nitrogens with zero attached hydrogens (tertiary/aromatic N) is 2. The summed E-state index contributed by atoms with van der Waals surface area (Å²) in [5.41, 5.74) is 0. The van der Waals surface area contributed by atoms with E-state index in [4.69, 9.17) is 9.47 Å². The molecule has 1 aromatic rings. The molecule has 0 aliphatic carbocycles. The van der Waals surface area contributed by atoms with Crippen LogP contribution in [0.4, 0.5) is 0 Å². The average Bonchev–Trinajstić information content (AvgIpc) is 2.66. The van der Waals surface area contributed by atoms with Gasteiger partial charge in [0, 0.05) is 46.6 Å². The molecule has 16 heavy (non-hydrogen) atoms. The van der Waals surface area contributed by atoms with Crippen molar-refractivity contribution in [3.63, 3.8) is 0 Å². The van der Waals surface area contributed by atoms with E-state index < -0.39 is 0 Å². The van der Waals surface area contributed by atoms with Crippen molar-refractivity contribution in [2.24, 2.45) is 7.05 Å². The van der Waals surface area contributed by atoms with Crippen LogP contribution in [-0.2, 0) is 22.9 Å². The highest BCUT2D eigenvalue weighted by atomic mass is 16.7. The second kappa shape index (κ2) is 6.62. The van der Waals surface area contributed by atoms with Gasteiger partial charge in [0.05, 0.1) is 6.04 Å². The molecule has 0 saturated heterocycles. The second-order valence-electron chi connectivity index (χ2n) is 3.79. The van der Waals surface area contributed by atoms with Gasteiger partial charge in [-0.1, -0.05) is 0 Å². The summed E-state index contributed by atoms with van der Waals surface area (Å²) < 4.78 is 12.4. The lowest BCUT2D eigenvalue weighted by molar-refractivity contribution is -0.119. The molecule has 0 fully saturated rings. The minimum absolute atomic E-state index is 0.162. The SMILES string of the molecule is COC(OC)C(C)NCCc1nccn1C. The minimum Gasteiger partial charge on any atom is -0.354 e. The van der Waals surface area contributed by atoms with Crippen LogP contribution in [0.2, 0.25) is 0 Å². The fourth-order valence-electron chi connectivity index (χ4n) is 1.65. The molecule has 0 radical (unpaired) electrons. The van der Waals surface area contributed by atoms with Crippen LogP contribution in [0.5, 0.6) is 0 Å². The van der Waals surface area contributed by atoms with Gasteiger partial charge < -0.3 is 19.4 Å². The van der Waals surface area contributed by atoms with E-state index in [2.05, 4.69) is 10.3 Å². The van der Waals surface area contributed by atoms with Crippen molar-refractivity contribution in [3.8, 4) is 0 Å². The first-order valence-corrected chi connectivity index (χ1v) is 5.44. The number of hydrogen-bond donors (Lipinski definition) is 1. The Balaban J connectivity index is 2.27. The van der Waals surface area contributed by atoms with Crippen LogP contribution in [-0.4, -0.2) is 42.6 Å². The maximum Gasteiger partial charge on any atom is 0.171 e. The first-order valence-electron chi connectivity index (χ1n) is 5.44. The molecule has 0 saturated carbocycles. The number of aromatic nitrogens is 2. The van der Waals surface area contributed by atoms with Gasteiger partial charge in [0.2, 0.25) is 0 Å². The van der Waals surface area contributed by atoms with E-state index in [1.54, 1.807) is 14.2 Å². The highest BCUT2D eigenvalue weighted by Crippen LogP contribution is 1.99. The van der Waals surface area contributed by atoms with E-state index in [0.29, 0.717) is 0 Å². The lowest BCUT2D eigenvalue weighted by Crippen LogP contribution is -2.40. The van der Waals surface area contributed by atoms with Crippen LogP contribution in [0.25, 0.3) is 0 Å². The second-order valence-corrected chi connectivity index (χ2v) is 3.79. The van der Waals surface area contributed by atoms with Gasteiger partial charge in [0.1, 0.15) is 5.82 Å². The average molecular weight is 227 g/mol. The molecule has 0 aliphatic rings. The Hall–Kier alpha value is -0.910. The number of aryl methyl sites for hydroxylation is 1. The van der Waals surface area contributed by atoms with E-state index in [1.807, 2.05) is 30.9 Å². The molecule has 5 heteroatoms. The molecule has 0 bridgehead atoms. The van der Waals surface area contributed by atoms with Crippen LogP contribution in [0.15, 0.2) is 12.4 Å². The van der Waals surface area contributed by atoms with E-state index in [-0.39, 0.29) is 12.3 Å². The van der Waals surface area contributed by atoms with Gasteiger partial charge in [-0.05, 0) is 6.92 Å². The molecule has 5 nitrogen and oxygen atoms in total. The summed E-state index contributed by atoms with van der Waals surface area (Å²) in [5, 5.41) is 3.35. The van der Waals surface area contributed by atoms with Crippen LogP contribution >= 0.6 is 0 Å². The zero-order valence-electron chi connectivity index (χ0n) is 10.4. The number of nitrogens with one attached hydrogen (secondary N) is 1. The van der Waals surface area contributed by atoms with Crippen LogP contribution in [0, 0.1) is 0 Å². The van der Waals surface area contributed by atoms with Gasteiger partial charge in [-0.3, -0.25) is 0 Å². The Labute approximate surface area is 96.8 Å². The van der Waals surface area contributed by atoms with Crippen molar-refractivity contribution in [3.05, 3.63) is 18.2 Å². The fraction of sp³-hybridized carbons (Fsp3) is 0.727. The van der Waals surface area contributed by atoms with Gasteiger partial charge in [0.15, 0.2) is 6.29 Å². The maximum absolute atomic E-state index is 5.17. The summed E-state index contributed by atoms with van der Waals surface area (Å²) in [4.78, 5) is 4.26. The van der Waals surface area contributed by atoms with Gasteiger partial charge >= 0.3 is 0 Å². The van der Waals surface area contributed by atoms with Crippen molar-refractivity contribution >= 4 is 0 Å². The van der Waals surface area contributed by atoms with E-state index >= 15 is 0 Å². The molecule has 0 aliphatic heterocycles. The topological polar surface area (TPSA) is 48.3 Å². The Morgan fingerprint density at radius 3 is 2.62 bits per heavy atom. The number of hydrogen-bond acceptors (Lipinski definition) is 4. The number of ether oxygens (including phenoxy) is 2. The molecular formula is C11H21N3O2. The third-order valence-corrected chi connectivity index (χ3v) is 2.61. The summed E-state index contributed by atoms with van der Waals surface area (Å²) in [6.45, 7) is 2.89. The number of rotatable bonds is 7. The monoisotopic (exact) mass is 227 g/mol. The normalized spacial score (nSPS) is 13.3. The van der Waals surface area contributed by atoms with Crippen molar-refractivity contribution in [2.45, 2.75) is 25.7 Å². The van der Waals surface area contributed by atoms with Crippen LogP contribution in [0.3, 0.4) is 0 Å². The van der Waals surface area contributed by atoms with Crippen LogP contribution in [0.1, 0.15) is 12.7 Å². The van der Waals surface area contributed by atoms with Crippen molar-refractivity contribution in [1.29, 1.82) is 0 Å². The summed E-state index contributed by atoms with van der Waals surface area (Å²) in [7, 11) is 5.29. The van der Waals surface area contributed by atoms with Crippen molar-refractivity contribution in [1.82, 2.24) is 14.9 Å². The van der Waals surface area contributed by atoms with Crippen LogP contribution < -0.4 is 5.32 Å². The molecule has 0 spiro atoms.